The maximum atomic E-state index is 5.15. The molecule has 1 heterocycles. The van der Waals surface area contributed by atoms with Crippen molar-refractivity contribution in [1.29, 1.82) is 0 Å². The Morgan fingerprint density at radius 1 is 0.526 bits per heavy atom. The van der Waals surface area contributed by atoms with Gasteiger partial charge in [-0.15, -0.1) is 0 Å². The van der Waals surface area contributed by atoms with Crippen LogP contribution in [0, 0.1) is 0 Å². The van der Waals surface area contributed by atoms with Crippen molar-refractivity contribution in [3.63, 3.8) is 0 Å². The van der Waals surface area contributed by atoms with E-state index in [0.29, 0.717) is 23.7 Å². The van der Waals surface area contributed by atoms with Gasteiger partial charge in [-0.1, -0.05) is 97.9 Å². The number of hydrogen-bond donors (Lipinski definition) is 0. The predicted molar refractivity (Wildman–Crippen MR) is 157 cm³/mol. The van der Waals surface area contributed by atoms with Crippen LogP contribution in [0.2, 0.25) is 0 Å². The number of rotatable bonds is 8. The molecule has 0 saturated heterocycles. The summed E-state index contributed by atoms with van der Waals surface area (Å²) in [6, 6.07) is 19.2. The molecule has 38 heavy (non-hydrogen) atoms. The van der Waals surface area contributed by atoms with Crippen LogP contribution in [-0.2, 0) is 17.4 Å². The quantitative estimate of drug-likeness (QED) is 0.274. The summed E-state index contributed by atoms with van der Waals surface area (Å²) in [5.41, 5.74) is 10.9. The zero-order valence-corrected chi connectivity index (χ0v) is 26.7. The summed E-state index contributed by atoms with van der Waals surface area (Å²) in [4.78, 5) is 15.3. The van der Waals surface area contributed by atoms with Crippen LogP contribution < -0.4 is 12.4 Å². The van der Waals surface area contributed by atoms with Crippen LogP contribution in [0.15, 0.2) is 64.6 Å². The van der Waals surface area contributed by atoms with E-state index in [9.17, 15) is 0 Å². The molecule has 0 unspecified atom stereocenters. The maximum Gasteiger partial charge on any atom is 0.0849 e. The predicted octanol–water partition coefficient (Wildman–Crippen LogP) is 6.86. The van der Waals surface area contributed by atoms with E-state index < -0.39 is 0 Å². The number of aromatic nitrogens is 1. The van der Waals surface area contributed by atoms with Crippen LogP contribution >= 0.6 is 0 Å². The Morgan fingerprint density at radius 3 is 1.05 bits per heavy atom. The Bertz CT molecular complexity index is 1130. The third-order valence-corrected chi connectivity index (χ3v) is 6.73. The van der Waals surface area contributed by atoms with Gasteiger partial charge in [-0.05, 0) is 71.9 Å². The zero-order chi connectivity index (χ0) is 26.6. The SMILES string of the molecule is CC(=Nc1c(C(C)C)cccc1C(C)C)c1cccc(C(C)=Nc2c(C(C)C)cccc2C(C)C)n1.[Cl-].[Cr]. The molecule has 0 N–H and O–H groups in total. The van der Waals surface area contributed by atoms with Gasteiger partial charge in [0.15, 0.2) is 0 Å². The second kappa shape index (κ2) is 14.8. The van der Waals surface area contributed by atoms with E-state index in [1.165, 1.54) is 22.3 Å². The van der Waals surface area contributed by atoms with Gasteiger partial charge in [0.25, 0.3) is 0 Å². The van der Waals surface area contributed by atoms with E-state index in [2.05, 4.69) is 112 Å². The monoisotopic (exact) mass is 568 g/mol. The smallest absolute Gasteiger partial charge is 0.0849 e. The summed E-state index contributed by atoms with van der Waals surface area (Å²) in [5, 5.41) is 0. The van der Waals surface area contributed by atoms with Gasteiger partial charge >= 0.3 is 0 Å². The fourth-order valence-corrected chi connectivity index (χ4v) is 4.57. The minimum Gasteiger partial charge on any atom is -1.00 e. The van der Waals surface area contributed by atoms with Crippen LogP contribution in [-0.4, -0.2) is 16.4 Å². The van der Waals surface area contributed by atoms with Crippen molar-refractivity contribution in [2.45, 2.75) is 92.9 Å². The first kappa shape index (κ1) is 33.8. The van der Waals surface area contributed by atoms with Crippen LogP contribution in [0.1, 0.15) is 127 Å². The molecule has 0 spiro atoms. The van der Waals surface area contributed by atoms with Crippen molar-refractivity contribution in [3.8, 4) is 0 Å². The van der Waals surface area contributed by atoms with Gasteiger partial charge in [0, 0.05) is 17.4 Å². The van der Waals surface area contributed by atoms with Gasteiger partial charge in [-0.25, -0.2) is 4.98 Å². The molecule has 0 fully saturated rings. The van der Waals surface area contributed by atoms with E-state index in [4.69, 9.17) is 15.0 Å². The third kappa shape index (κ3) is 7.89. The molecule has 3 aromatic rings. The molecule has 0 bridgehead atoms. The van der Waals surface area contributed by atoms with Gasteiger partial charge in [0.05, 0.1) is 34.2 Å². The summed E-state index contributed by atoms with van der Waals surface area (Å²) in [5.74, 6) is 1.61. The van der Waals surface area contributed by atoms with Crippen molar-refractivity contribution in [1.82, 2.24) is 4.98 Å². The first-order chi connectivity index (χ1) is 17.0. The zero-order valence-electron chi connectivity index (χ0n) is 24.6. The van der Waals surface area contributed by atoms with Crippen LogP contribution in [0.4, 0.5) is 11.4 Å². The van der Waals surface area contributed by atoms with Gasteiger partial charge in [-0.2, -0.15) is 0 Å². The standard InChI is InChI=1S/C33H43N3.ClH.Cr/c1-20(2)26-14-11-15-27(21(3)4)32(26)34-24(9)30-18-13-19-31(36-30)25(10)35-33-28(22(5)6)16-12-17-29(33)23(7)8;;/h11-23H,1-10H3;1H;/p-1. The van der Waals surface area contributed by atoms with Crippen LogP contribution in [0.25, 0.3) is 0 Å². The normalized spacial score (nSPS) is 12.3. The molecule has 0 radical (unpaired) electrons. The van der Waals surface area contributed by atoms with Gasteiger partial charge in [-0.3, -0.25) is 9.98 Å². The molecule has 0 saturated carbocycles. The van der Waals surface area contributed by atoms with Crippen molar-refractivity contribution in [2.75, 3.05) is 0 Å². The van der Waals surface area contributed by atoms with E-state index in [0.717, 1.165) is 34.2 Å². The number of halogens is 1. The van der Waals surface area contributed by atoms with E-state index in [1.807, 2.05) is 12.1 Å². The molecule has 3 nitrogen and oxygen atoms in total. The number of para-hydroxylation sites is 2. The molecule has 0 aliphatic heterocycles. The third-order valence-electron chi connectivity index (χ3n) is 6.73. The van der Waals surface area contributed by atoms with Gasteiger partial charge in [0.2, 0.25) is 0 Å². The Hall–Kier alpha value is -2.25. The van der Waals surface area contributed by atoms with E-state index >= 15 is 0 Å². The molecule has 5 heteroatoms. The summed E-state index contributed by atoms with van der Waals surface area (Å²) >= 11 is 0. The number of pyridine rings is 1. The first-order valence-corrected chi connectivity index (χ1v) is 13.3. The van der Waals surface area contributed by atoms with Crippen molar-refractivity contribution in [2.24, 2.45) is 9.98 Å². The van der Waals surface area contributed by atoms with E-state index in [-0.39, 0.29) is 29.8 Å². The Balaban J connectivity index is 0.00000361. The largest absolute Gasteiger partial charge is 1.00 e. The minimum atomic E-state index is 0. The van der Waals surface area contributed by atoms with Gasteiger partial charge < -0.3 is 12.4 Å². The first-order valence-electron chi connectivity index (χ1n) is 13.3. The summed E-state index contributed by atoms with van der Waals surface area (Å²) in [6.45, 7) is 22.0. The average Bonchev–Trinajstić information content (AvgIpc) is 2.83. The Morgan fingerprint density at radius 2 is 0.789 bits per heavy atom. The van der Waals surface area contributed by atoms with Crippen molar-refractivity contribution < 1.29 is 29.8 Å². The van der Waals surface area contributed by atoms with Crippen LogP contribution in [0.5, 0.6) is 0 Å². The second-order valence-electron chi connectivity index (χ2n) is 11.0. The number of benzene rings is 2. The fraction of sp³-hybridized carbons (Fsp3) is 0.424. The topological polar surface area (TPSA) is 37.6 Å². The summed E-state index contributed by atoms with van der Waals surface area (Å²) in [6.07, 6.45) is 0. The van der Waals surface area contributed by atoms with Crippen molar-refractivity contribution >= 4 is 22.8 Å². The molecule has 204 valence electrons. The molecule has 1 aromatic heterocycles. The molecular formula is C33H43ClCrN3-. The second-order valence-corrected chi connectivity index (χ2v) is 11.0. The Labute approximate surface area is 247 Å². The van der Waals surface area contributed by atoms with Crippen LogP contribution in [0.3, 0.4) is 0 Å². The number of nitrogens with zero attached hydrogens (tertiary/aromatic N) is 3. The minimum absolute atomic E-state index is 0. The number of hydrogen-bond acceptors (Lipinski definition) is 3. The summed E-state index contributed by atoms with van der Waals surface area (Å²) in [7, 11) is 0. The average molecular weight is 569 g/mol. The molecule has 2 aromatic carbocycles. The molecular weight excluding hydrogens is 526 g/mol. The maximum absolute atomic E-state index is 5.15. The van der Waals surface area contributed by atoms with E-state index in [1.54, 1.807) is 0 Å². The number of aliphatic imine (C=N–C) groups is 2. The Kier molecular flexibility index (Phi) is 13.1. The fourth-order valence-electron chi connectivity index (χ4n) is 4.57. The van der Waals surface area contributed by atoms with Gasteiger partial charge in [0.1, 0.15) is 0 Å². The molecule has 0 aliphatic carbocycles. The molecule has 0 aliphatic rings. The molecule has 3 rings (SSSR count). The molecule has 0 amide bonds. The summed E-state index contributed by atoms with van der Waals surface area (Å²) < 4.78 is 0. The van der Waals surface area contributed by atoms with Crippen molar-refractivity contribution in [3.05, 3.63) is 88.2 Å². The molecule has 0 atom stereocenters.